The number of hydrogen-bond acceptors (Lipinski definition) is 2. The van der Waals surface area contributed by atoms with Crippen LogP contribution in [0.4, 0.5) is 0 Å². The molecule has 0 aromatic heterocycles. The van der Waals surface area contributed by atoms with Crippen molar-refractivity contribution >= 4 is 10.8 Å². The summed E-state index contributed by atoms with van der Waals surface area (Å²) in [5, 5.41) is 6.07. The Hall–Kier alpha value is -1.54. The lowest BCUT2D eigenvalue weighted by Crippen LogP contribution is -2.21. The summed E-state index contributed by atoms with van der Waals surface area (Å²) in [4.78, 5) is 0. The second-order valence-corrected chi connectivity index (χ2v) is 5.36. The van der Waals surface area contributed by atoms with Crippen LogP contribution in [0.3, 0.4) is 0 Å². The zero-order valence-corrected chi connectivity index (χ0v) is 12.8. The molecule has 0 aliphatic heterocycles. The molecule has 0 aliphatic rings. The number of methoxy groups -OCH3 is 1. The lowest BCUT2D eigenvalue weighted by Gasteiger charge is -2.13. The van der Waals surface area contributed by atoms with Gasteiger partial charge in [-0.25, -0.2) is 0 Å². The molecule has 0 bridgehead atoms. The lowest BCUT2D eigenvalue weighted by atomic mass is 10.0. The van der Waals surface area contributed by atoms with Crippen LogP contribution in [0.1, 0.15) is 32.3 Å². The highest BCUT2D eigenvalue weighted by Crippen LogP contribution is 2.21. The highest BCUT2D eigenvalue weighted by atomic mass is 16.5. The molecule has 2 heteroatoms. The van der Waals surface area contributed by atoms with Gasteiger partial charge in [-0.15, -0.1) is 0 Å². The molecule has 108 valence electrons. The molecule has 0 saturated heterocycles. The van der Waals surface area contributed by atoms with Gasteiger partial charge in [-0.1, -0.05) is 44.9 Å². The van der Waals surface area contributed by atoms with Crippen molar-refractivity contribution < 1.29 is 4.74 Å². The third-order valence-electron chi connectivity index (χ3n) is 4.03. The molecule has 0 heterocycles. The molecule has 2 rings (SSSR count). The van der Waals surface area contributed by atoms with Gasteiger partial charge in [0, 0.05) is 6.54 Å². The van der Waals surface area contributed by atoms with E-state index in [1.54, 1.807) is 7.11 Å². The van der Waals surface area contributed by atoms with E-state index in [1.165, 1.54) is 29.2 Å². The molecule has 0 radical (unpaired) electrons. The summed E-state index contributed by atoms with van der Waals surface area (Å²) in [7, 11) is 1.71. The fourth-order valence-corrected chi connectivity index (χ4v) is 2.51. The van der Waals surface area contributed by atoms with Crippen LogP contribution in [0.25, 0.3) is 10.8 Å². The summed E-state index contributed by atoms with van der Waals surface area (Å²) in [6.07, 6.45) is 2.50. The van der Waals surface area contributed by atoms with E-state index in [1.807, 2.05) is 6.07 Å². The van der Waals surface area contributed by atoms with E-state index in [2.05, 4.69) is 49.5 Å². The van der Waals surface area contributed by atoms with Crippen molar-refractivity contribution in [1.29, 1.82) is 0 Å². The van der Waals surface area contributed by atoms with Crippen LogP contribution in [0.2, 0.25) is 0 Å². The molecule has 20 heavy (non-hydrogen) atoms. The van der Waals surface area contributed by atoms with Gasteiger partial charge in [0.25, 0.3) is 0 Å². The van der Waals surface area contributed by atoms with E-state index in [9.17, 15) is 0 Å². The van der Waals surface area contributed by atoms with Crippen LogP contribution >= 0.6 is 0 Å². The Balaban J connectivity index is 2.01. The first-order valence-electron chi connectivity index (χ1n) is 7.54. The van der Waals surface area contributed by atoms with E-state index in [4.69, 9.17) is 4.74 Å². The maximum atomic E-state index is 5.26. The fraction of sp³-hybridized carbons (Fsp3) is 0.444. The molecule has 0 saturated carbocycles. The van der Waals surface area contributed by atoms with Crippen molar-refractivity contribution in [3.05, 3.63) is 42.0 Å². The maximum absolute atomic E-state index is 5.26. The van der Waals surface area contributed by atoms with Gasteiger partial charge in [0.1, 0.15) is 5.75 Å². The molecule has 0 amide bonds. The van der Waals surface area contributed by atoms with Crippen LogP contribution in [0.15, 0.2) is 36.4 Å². The molecular weight excluding hydrogens is 246 g/mol. The molecule has 0 fully saturated rings. The van der Waals surface area contributed by atoms with Crippen molar-refractivity contribution in [2.24, 2.45) is 5.92 Å². The zero-order chi connectivity index (χ0) is 14.4. The average molecular weight is 271 g/mol. The van der Waals surface area contributed by atoms with E-state index in [0.717, 1.165) is 24.8 Å². The lowest BCUT2D eigenvalue weighted by molar-refractivity contribution is 0.415. The van der Waals surface area contributed by atoms with E-state index in [-0.39, 0.29) is 0 Å². The number of nitrogens with one attached hydrogen (secondary N) is 1. The van der Waals surface area contributed by atoms with E-state index >= 15 is 0 Å². The van der Waals surface area contributed by atoms with E-state index in [0.29, 0.717) is 0 Å². The minimum Gasteiger partial charge on any atom is -0.497 e. The molecule has 0 atom stereocenters. The fourth-order valence-electron chi connectivity index (χ4n) is 2.51. The second kappa shape index (κ2) is 7.30. The largest absolute Gasteiger partial charge is 0.497 e. The Kier molecular flexibility index (Phi) is 5.42. The Morgan fingerprint density at radius 2 is 1.70 bits per heavy atom. The summed E-state index contributed by atoms with van der Waals surface area (Å²) in [5.41, 5.74) is 1.34. The monoisotopic (exact) mass is 271 g/mol. The zero-order valence-electron chi connectivity index (χ0n) is 12.8. The van der Waals surface area contributed by atoms with Gasteiger partial charge < -0.3 is 10.1 Å². The van der Waals surface area contributed by atoms with Crippen LogP contribution < -0.4 is 10.1 Å². The molecule has 2 aromatic rings. The first-order chi connectivity index (χ1) is 9.76. The Morgan fingerprint density at radius 1 is 1.00 bits per heavy atom. The third kappa shape index (κ3) is 3.73. The number of benzene rings is 2. The predicted molar refractivity (Wildman–Crippen MR) is 86.3 cm³/mol. The topological polar surface area (TPSA) is 21.3 Å². The number of ether oxygens (including phenoxy) is 1. The van der Waals surface area contributed by atoms with Crippen molar-refractivity contribution in [1.82, 2.24) is 5.32 Å². The highest BCUT2D eigenvalue weighted by molar-refractivity contribution is 5.84. The van der Waals surface area contributed by atoms with Crippen LogP contribution in [0.5, 0.6) is 5.75 Å². The molecule has 2 nitrogen and oxygen atoms in total. The van der Waals surface area contributed by atoms with Gasteiger partial charge in [-0.05, 0) is 47.0 Å². The normalized spacial score (nSPS) is 11.2. The quantitative estimate of drug-likeness (QED) is 0.807. The molecule has 1 N–H and O–H groups in total. The van der Waals surface area contributed by atoms with Gasteiger partial charge in [-0.2, -0.15) is 0 Å². The standard InChI is InChI=1S/C18H25NO/c1-4-14(5-2)12-19-13-15-6-7-17-11-18(20-3)9-8-16(17)10-15/h6-11,14,19H,4-5,12-13H2,1-3H3. The SMILES string of the molecule is CCC(CC)CNCc1ccc2cc(OC)ccc2c1. The summed E-state index contributed by atoms with van der Waals surface area (Å²) >= 11 is 0. The van der Waals surface area contributed by atoms with Crippen molar-refractivity contribution in [2.45, 2.75) is 33.2 Å². The van der Waals surface area contributed by atoms with Crippen LogP contribution in [0, 0.1) is 5.92 Å². The van der Waals surface area contributed by atoms with Crippen molar-refractivity contribution in [3.8, 4) is 5.75 Å². The number of rotatable bonds is 7. The van der Waals surface area contributed by atoms with Crippen LogP contribution in [-0.4, -0.2) is 13.7 Å². The summed E-state index contributed by atoms with van der Waals surface area (Å²) < 4.78 is 5.26. The summed E-state index contributed by atoms with van der Waals surface area (Å²) in [6.45, 7) is 6.57. The Labute approximate surface area is 122 Å². The maximum Gasteiger partial charge on any atom is 0.119 e. The molecular formula is C18H25NO. The molecule has 0 unspecified atom stereocenters. The van der Waals surface area contributed by atoms with Crippen molar-refractivity contribution in [3.63, 3.8) is 0 Å². The van der Waals surface area contributed by atoms with E-state index < -0.39 is 0 Å². The predicted octanol–water partition coefficient (Wildman–Crippen LogP) is 4.37. The summed E-state index contributed by atoms with van der Waals surface area (Å²) in [6, 6.07) is 12.8. The minimum absolute atomic E-state index is 0.791. The molecule has 0 spiro atoms. The van der Waals surface area contributed by atoms with Gasteiger partial charge in [0.15, 0.2) is 0 Å². The molecule has 0 aliphatic carbocycles. The first kappa shape index (κ1) is 14.9. The van der Waals surface area contributed by atoms with Gasteiger partial charge in [-0.3, -0.25) is 0 Å². The van der Waals surface area contributed by atoms with Gasteiger partial charge in [0.05, 0.1) is 7.11 Å². The van der Waals surface area contributed by atoms with Crippen molar-refractivity contribution in [2.75, 3.05) is 13.7 Å². The molecule has 2 aromatic carbocycles. The second-order valence-electron chi connectivity index (χ2n) is 5.36. The number of hydrogen-bond donors (Lipinski definition) is 1. The first-order valence-corrected chi connectivity index (χ1v) is 7.54. The average Bonchev–Trinajstić information content (AvgIpc) is 2.51. The highest BCUT2D eigenvalue weighted by Gasteiger charge is 2.03. The smallest absolute Gasteiger partial charge is 0.119 e. The Bertz CT molecular complexity index is 546. The Morgan fingerprint density at radius 3 is 2.40 bits per heavy atom. The number of fused-ring (bicyclic) bond motifs is 1. The van der Waals surface area contributed by atoms with Gasteiger partial charge >= 0.3 is 0 Å². The minimum atomic E-state index is 0.791. The third-order valence-corrected chi connectivity index (χ3v) is 4.03. The van der Waals surface area contributed by atoms with Crippen LogP contribution in [-0.2, 0) is 6.54 Å². The summed E-state index contributed by atoms with van der Waals surface area (Å²) in [5.74, 6) is 1.71. The van der Waals surface area contributed by atoms with Gasteiger partial charge in [0.2, 0.25) is 0 Å².